The molecule has 1 saturated heterocycles. The Morgan fingerprint density at radius 2 is 1.54 bits per heavy atom. The minimum absolute atomic E-state index is 0.115. The summed E-state index contributed by atoms with van der Waals surface area (Å²) < 4.78 is 0. The van der Waals surface area contributed by atoms with Gasteiger partial charge in [0.05, 0.1) is 0 Å². The molecule has 0 aliphatic carbocycles. The first-order valence-electron chi connectivity index (χ1n) is 9.02. The van der Waals surface area contributed by atoms with Gasteiger partial charge in [0.1, 0.15) is 5.70 Å². The fourth-order valence-corrected chi connectivity index (χ4v) is 3.37. The van der Waals surface area contributed by atoms with Gasteiger partial charge in [-0.2, -0.15) is 0 Å². The Balaban J connectivity index is 1.70. The van der Waals surface area contributed by atoms with Crippen LogP contribution in [0.15, 0.2) is 66.4 Å². The van der Waals surface area contributed by atoms with Gasteiger partial charge in [0.25, 0.3) is 5.91 Å². The van der Waals surface area contributed by atoms with Crippen molar-refractivity contribution >= 4 is 17.9 Å². The molecule has 2 aromatic carbocycles. The zero-order valence-corrected chi connectivity index (χ0v) is 15.0. The fourth-order valence-electron chi connectivity index (χ4n) is 3.37. The number of piperidine rings is 1. The minimum Gasteiger partial charge on any atom is -0.337 e. The molecule has 1 N–H and O–H groups in total. The van der Waals surface area contributed by atoms with E-state index in [0.29, 0.717) is 24.7 Å². The Morgan fingerprint density at radius 1 is 0.962 bits per heavy atom. The predicted octanol–water partition coefficient (Wildman–Crippen LogP) is 3.57. The van der Waals surface area contributed by atoms with E-state index in [2.05, 4.69) is 29.6 Å². The predicted molar refractivity (Wildman–Crippen MR) is 103 cm³/mol. The van der Waals surface area contributed by atoms with E-state index in [0.717, 1.165) is 18.4 Å². The van der Waals surface area contributed by atoms with Crippen molar-refractivity contribution in [3.05, 3.63) is 77.5 Å². The number of carbonyl (C=O) groups is 2. The number of amides is 2. The van der Waals surface area contributed by atoms with E-state index in [1.54, 1.807) is 6.08 Å². The monoisotopic (exact) mass is 348 g/mol. The van der Waals surface area contributed by atoms with Gasteiger partial charge in [-0.25, -0.2) is 0 Å². The number of hydrogen-bond donors (Lipinski definition) is 1. The summed E-state index contributed by atoms with van der Waals surface area (Å²) in [4.78, 5) is 26.3. The van der Waals surface area contributed by atoms with Crippen molar-refractivity contribution in [3.8, 4) is 0 Å². The third-order valence-corrected chi connectivity index (χ3v) is 4.70. The molecular weight excluding hydrogens is 324 g/mol. The van der Waals surface area contributed by atoms with E-state index in [1.165, 1.54) is 12.5 Å². The topological polar surface area (TPSA) is 49.4 Å². The molecule has 2 aromatic rings. The number of nitrogens with one attached hydrogen (secondary N) is 1. The van der Waals surface area contributed by atoms with Gasteiger partial charge in [-0.1, -0.05) is 60.7 Å². The molecule has 0 spiro atoms. The number of benzene rings is 2. The lowest BCUT2D eigenvalue weighted by molar-refractivity contribution is -0.130. The van der Waals surface area contributed by atoms with Crippen LogP contribution in [0.5, 0.6) is 0 Å². The van der Waals surface area contributed by atoms with E-state index in [9.17, 15) is 9.59 Å². The van der Waals surface area contributed by atoms with Gasteiger partial charge in [0.15, 0.2) is 0 Å². The molecule has 4 nitrogen and oxygen atoms in total. The summed E-state index contributed by atoms with van der Waals surface area (Å²) in [6.45, 7) is 2.82. The van der Waals surface area contributed by atoms with E-state index in [4.69, 9.17) is 0 Å². The van der Waals surface area contributed by atoms with Crippen molar-refractivity contribution in [1.82, 2.24) is 10.2 Å². The molecule has 26 heavy (non-hydrogen) atoms. The maximum Gasteiger partial charge on any atom is 0.270 e. The summed E-state index contributed by atoms with van der Waals surface area (Å²) in [5.74, 6) is 0.137. The second-order valence-corrected chi connectivity index (χ2v) is 6.63. The third kappa shape index (κ3) is 4.60. The minimum atomic E-state index is -0.236. The first-order valence-corrected chi connectivity index (χ1v) is 9.02. The molecule has 1 aliphatic rings. The molecule has 2 amide bonds. The lowest BCUT2D eigenvalue weighted by Crippen LogP contribution is -2.42. The molecular formula is C22H24N2O2. The average Bonchev–Trinajstić information content (AvgIpc) is 2.68. The van der Waals surface area contributed by atoms with Gasteiger partial charge in [-0.05, 0) is 36.0 Å². The molecule has 0 saturated carbocycles. The van der Waals surface area contributed by atoms with Crippen LogP contribution in [0.3, 0.4) is 0 Å². The van der Waals surface area contributed by atoms with E-state index in [1.807, 2.05) is 41.3 Å². The molecule has 0 unspecified atom stereocenters. The molecule has 0 bridgehead atoms. The standard InChI is InChI=1S/C22H24N2O2/c1-17(25)23-21(16-18-8-4-2-5-9-18)22(26)24-14-12-20(13-15-24)19-10-6-3-7-11-19/h2-11,16,20H,12-15H2,1H3,(H,23,25)/b21-16-. The quantitative estimate of drug-likeness (QED) is 0.859. The maximum atomic E-state index is 12.9. The van der Waals surface area contributed by atoms with Crippen LogP contribution in [0, 0.1) is 0 Å². The zero-order chi connectivity index (χ0) is 18.4. The highest BCUT2D eigenvalue weighted by molar-refractivity contribution is 6.01. The molecule has 1 heterocycles. The number of likely N-dealkylation sites (tertiary alicyclic amines) is 1. The fraction of sp³-hybridized carbons (Fsp3) is 0.273. The SMILES string of the molecule is CC(=O)N/C(=C\c1ccccc1)C(=O)N1CCC(c2ccccc2)CC1. The normalized spacial score (nSPS) is 15.6. The van der Waals surface area contributed by atoms with Gasteiger partial charge in [-0.15, -0.1) is 0 Å². The Kier molecular flexibility index (Phi) is 5.84. The lowest BCUT2D eigenvalue weighted by atomic mass is 9.89. The molecule has 1 fully saturated rings. The van der Waals surface area contributed by atoms with Crippen LogP contribution in [0.4, 0.5) is 0 Å². The second kappa shape index (κ2) is 8.48. The van der Waals surface area contributed by atoms with Crippen molar-refractivity contribution in [2.45, 2.75) is 25.7 Å². The Morgan fingerprint density at radius 3 is 2.12 bits per heavy atom. The summed E-state index contributed by atoms with van der Waals surface area (Å²) >= 11 is 0. The van der Waals surface area contributed by atoms with E-state index >= 15 is 0 Å². The number of nitrogens with zero attached hydrogens (tertiary/aromatic N) is 1. The molecule has 0 atom stereocenters. The lowest BCUT2D eigenvalue weighted by Gasteiger charge is -2.32. The van der Waals surface area contributed by atoms with Gasteiger partial charge in [0, 0.05) is 20.0 Å². The Hall–Kier alpha value is -2.88. The molecule has 1 aliphatic heterocycles. The molecule has 0 aromatic heterocycles. The van der Waals surface area contributed by atoms with Crippen LogP contribution in [0.2, 0.25) is 0 Å². The van der Waals surface area contributed by atoms with Crippen molar-refractivity contribution in [2.75, 3.05) is 13.1 Å². The van der Waals surface area contributed by atoms with Crippen LogP contribution in [-0.2, 0) is 9.59 Å². The van der Waals surface area contributed by atoms with Crippen LogP contribution in [-0.4, -0.2) is 29.8 Å². The molecule has 0 radical (unpaired) electrons. The molecule has 134 valence electrons. The summed E-state index contributed by atoms with van der Waals surface area (Å²) in [5, 5.41) is 2.70. The second-order valence-electron chi connectivity index (χ2n) is 6.63. The van der Waals surface area contributed by atoms with Crippen LogP contribution in [0.1, 0.15) is 36.8 Å². The average molecular weight is 348 g/mol. The zero-order valence-electron chi connectivity index (χ0n) is 15.0. The maximum absolute atomic E-state index is 12.9. The number of hydrogen-bond acceptors (Lipinski definition) is 2. The summed E-state index contributed by atoms with van der Waals surface area (Å²) in [5.41, 5.74) is 2.56. The summed E-state index contributed by atoms with van der Waals surface area (Å²) in [6.07, 6.45) is 3.62. The van der Waals surface area contributed by atoms with Crippen LogP contribution < -0.4 is 5.32 Å². The third-order valence-electron chi connectivity index (χ3n) is 4.70. The van der Waals surface area contributed by atoms with Gasteiger partial charge in [-0.3, -0.25) is 9.59 Å². The highest BCUT2D eigenvalue weighted by atomic mass is 16.2. The first-order chi connectivity index (χ1) is 12.6. The highest BCUT2D eigenvalue weighted by Crippen LogP contribution is 2.28. The number of carbonyl (C=O) groups excluding carboxylic acids is 2. The van der Waals surface area contributed by atoms with Crippen molar-refractivity contribution in [2.24, 2.45) is 0 Å². The number of rotatable bonds is 4. The molecule has 3 rings (SSSR count). The molecule has 4 heteroatoms. The van der Waals surface area contributed by atoms with Gasteiger partial charge < -0.3 is 10.2 Å². The van der Waals surface area contributed by atoms with Crippen molar-refractivity contribution in [3.63, 3.8) is 0 Å². The van der Waals surface area contributed by atoms with Crippen molar-refractivity contribution < 1.29 is 9.59 Å². The first kappa shape index (κ1) is 17.9. The van der Waals surface area contributed by atoms with Gasteiger partial charge >= 0.3 is 0 Å². The van der Waals surface area contributed by atoms with Crippen molar-refractivity contribution in [1.29, 1.82) is 0 Å². The summed E-state index contributed by atoms with van der Waals surface area (Å²) in [7, 11) is 0. The van der Waals surface area contributed by atoms with Gasteiger partial charge in [0.2, 0.25) is 5.91 Å². The van der Waals surface area contributed by atoms with Crippen LogP contribution in [0.25, 0.3) is 6.08 Å². The van der Waals surface area contributed by atoms with Crippen LogP contribution >= 0.6 is 0 Å². The summed E-state index contributed by atoms with van der Waals surface area (Å²) in [6, 6.07) is 20.0. The highest BCUT2D eigenvalue weighted by Gasteiger charge is 2.26. The smallest absolute Gasteiger partial charge is 0.270 e. The van der Waals surface area contributed by atoms with E-state index < -0.39 is 0 Å². The van der Waals surface area contributed by atoms with E-state index in [-0.39, 0.29) is 11.8 Å². The Labute approximate surface area is 154 Å². The Bertz CT molecular complexity index is 776. The largest absolute Gasteiger partial charge is 0.337 e.